The molecule has 1 N–H and O–H groups in total. The van der Waals surface area contributed by atoms with E-state index in [4.69, 9.17) is 9.47 Å². The second-order valence-corrected chi connectivity index (χ2v) is 7.14. The smallest absolute Gasteiger partial charge is 0.263 e. The standard InChI is InChI=1S/C22H23N5O5/c1-3-31-16-9-5-14(6-10-16)23-18(28)13-26-20-19(24-25-26)21(29)27(22(20)30)15-7-11-17(12-8-15)32-4-2/h5-12,19-20H,3-4,13H2,1-2H3,(H,23,28)/t19-,20+/m0/s1. The third-order valence-electron chi connectivity index (χ3n) is 5.02. The van der Waals surface area contributed by atoms with Gasteiger partial charge in [0.15, 0.2) is 12.1 Å². The monoisotopic (exact) mass is 437 g/mol. The SMILES string of the molecule is CCOc1ccc(NC(=O)CN2N=N[C@@H]3C(=O)N(c4ccc(OCC)cc4)C(=O)[C@@H]32)cc1. The number of ether oxygens (including phenoxy) is 2. The van der Waals surface area contributed by atoms with Gasteiger partial charge >= 0.3 is 0 Å². The molecule has 2 aliphatic rings. The van der Waals surface area contributed by atoms with Gasteiger partial charge in [-0.15, -0.1) is 0 Å². The lowest BCUT2D eigenvalue weighted by Crippen LogP contribution is -2.43. The van der Waals surface area contributed by atoms with Gasteiger partial charge in [-0.3, -0.25) is 19.4 Å². The first-order chi connectivity index (χ1) is 15.5. The summed E-state index contributed by atoms with van der Waals surface area (Å²) < 4.78 is 10.8. The van der Waals surface area contributed by atoms with Crippen molar-refractivity contribution in [2.75, 3.05) is 30.0 Å². The first-order valence-electron chi connectivity index (χ1n) is 10.3. The second-order valence-electron chi connectivity index (χ2n) is 7.14. The van der Waals surface area contributed by atoms with E-state index in [1.165, 1.54) is 5.01 Å². The summed E-state index contributed by atoms with van der Waals surface area (Å²) in [5.74, 6) is 0.0211. The molecule has 1 saturated heterocycles. The Kier molecular flexibility index (Phi) is 6.02. The number of hydrogen-bond acceptors (Lipinski definition) is 8. The molecular weight excluding hydrogens is 414 g/mol. The van der Waals surface area contributed by atoms with E-state index in [-0.39, 0.29) is 12.5 Å². The predicted octanol–water partition coefficient (Wildman–Crippen LogP) is 2.42. The Morgan fingerprint density at radius 2 is 1.53 bits per heavy atom. The second kappa shape index (κ2) is 9.04. The van der Waals surface area contributed by atoms with Crippen LogP contribution in [-0.4, -0.2) is 54.6 Å². The predicted molar refractivity (Wildman–Crippen MR) is 115 cm³/mol. The van der Waals surface area contributed by atoms with Gasteiger partial charge in [-0.1, -0.05) is 5.22 Å². The van der Waals surface area contributed by atoms with Crippen LogP contribution in [-0.2, 0) is 14.4 Å². The lowest BCUT2D eigenvalue weighted by atomic mass is 10.1. The number of fused-ring (bicyclic) bond motifs is 1. The van der Waals surface area contributed by atoms with E-state index in [0.717, 1.165) is 4.90 Å². The summed E-state index contributed by atoms with van der Waals surface area (Å²) in [6, 6.07) is 11.7. The van der Waals surface area contributed by atoms with E-state index in [9.17, 15) is 14.4 Å². The van der Waals surface area contributed by atoms with Crippen molar-refractivity contribution in [3.05, 3.63) is 48.5 Å². The van der Waals surface area contributed by atoms with E-state index in [1.807, 2.05) is 13.8 Å². The summed E-state index contributed by atoms with van der Waals surface area (Å²) in [4.78, 5) is 39.4. The molecule has 10 heteroatoms. The molecule has 2 aromatic rings. The molecule has 1 fully saturated rings. The van der Waals surface area contributed by atoms with E-state index in [0.29, 0.717) is 36.1 Å². The van der Waals surface area contributed by atoms with Gasteiger partial charge in [-0.05, 0) is 62.4 Å². The molecule has 10 nitrogen and oxygen atoms in total. The van der Waals surface area contributed by atoms with Crippen molar-refractivity contribution in [2.24, 2.45) is 10.3 Å². The van der Waals surface area contributed by atoms with Gasteiger partial charge in [0.1, 0.15) is 18.0 Å². The van der Waals surface area contributed by atoms with Crippen LogP contribution in [0.3, 0.4) is 0 Å². The van der Waals surface area contributed by atoms with Crippen LogP contribution in [0.15, 0.2) is 58.9 Å². The van der Waals surface area contributed by atoms with E-state index < -0.39 is 23.9 Å². The average Bonchev–Trinajstić information content (AvgIpc) is 3.30. The molecular formula is C22H23N5O5. The number of carbonyl (C=O) groups is 3. The molecule has 2 aliphatic heterocycles. The minimum absolute atomic E-state index is 0.214. The number of benzene rings is 2. The Morgan fingerprint density at radius 1 is 0.938 bits per heavy atom. The highest BCUT2D eigenvalue weighted by Crippen LogP contribution is 2.32. The molecule has 0 spiro atoms. The highest BCUT2D eigenvalue weighted by atomic mass is 16.5. The number of carbonyl (C=O) groups excluding carboxylic acids is 3. The number of hydrogen-bond donors (Lipinski definition) is 1. The number of nitrogens with one attached hydrogen (secondary N) is 1. The normalized spacial score (nSPS) is 19.3. The fraction of sp³-hybridized carbons (Fsp3) is 0.318. The maximum Gasteiger partial charge on any atom is 0.263 e. The lowest BCUT2D eigenvalue weighted by molar-refractivity contribution is -0.123. The van der Waals surface area contributed by atoms with Crippen LogP contribution in [0, 0.1) is 0 Å². The van der Waals surface area contributed by atoms with E-state index in [1.54, 1.807) is 48.5 Å². The van der Waals surface area contributed by atoms with Gasteiger partial charge in [0.2, 0.25) is 5.91 Å². The molecule has 0 saturated carbocycles. The molecule has 0 aliphatic carbocycles. The van der Waals surface area contributed by atoms with Gasteiger partial charge in [0, 0.05) is 5.69 Å². The largest absolute Gasteiger partial charge is 0.494 e. The van der Waals surface area contributed by atoms with E-state index >= 15 is 0 Å². The van der Waals surface area contributed by atoms with Crippen LogP contribution in [0.25, 0.3) is 0 Å². The molecule has 0 aromatic heterocycles. The molecule has 166 valence electrons. The van der Waals surface area contributed by atoms with Crippen LogP contribution < -0.4 is 19.7 Å². The van der Waals surface area contributed by atoms with Crippen molar-refractivity contribution in [1.82, 2.24) is 5.01 Å². The van der Waals surface area contributed by atoms with Crippen LogP contribution in [0.2, 0.25) is 0 Å². The van der Waals surface area contributed by atoms with Crippen LogP contribution in [0.1, 0.15) is 13.8 Å². The third kappa shape index (κ3) is 4.11. The van der Waals surface area contributed by atoms with Crippen molar-refractivity contribution in [1.29, 1.82) is 0 Å². The quantitative estimate of drug-likeness (QED) is 0.635. The van der Waals surface area contributed by atoms with Crippen molar-refractivity contribution in [3.63, 3.8) is 0 Å². The summed E-state index contributed by atoms with van der Waals surface area (Å²) in [6.45, 7) is 4.61. The molecule has 0 bridgehead atoms. The van der Waals surface area contributed by atoms with Crippen molar-refractivity contribution in [2.45, 2.75) is 25.9 Å². The van der Waals surface area contributed by atoms with Crippen LogP contribution in [0.4, 0.5) is 11.4 Å². The highest BCUT2D eigenvalue weighted by Gasteiger charge is 2.55. The van der Waals surface area contributed by atoms with Gasteiger partial charge < -0.3 is 14.8 Å². The molecule has 0 radical (unpaired) electrons. The first kappa shape index (κ1) is 21.3. The number of amides is 3. The van der Waals surface area contributed by atoms with Crippen molar-refractivity contribution < 1.29 is 23.9 Å². The topological polar surface area (TPSA) is 113 Å². The lowest BCUT2D eigenvalue weighted by Gasteiger charge is -2.20. The number of imide groups is 1. The fourth-order valence-corrected chi connectivity index (χ4v) is 3.62. The summed E-state index contributed by atoms with van der Waals surface area (Å²) in [7, 11) is 0. The molecule has 0 unspecified atom stereocenters. The number of rotatable bonds is 8. The van der Waals surface area contributed by atoms with Gasteiger partial charge in [0.05, 0.1) is 18.9 Å². The average molecular weight is 437 g/mol. The Morgan fingerprint density at radius 3 is 2.12 bits per heavy atom. The number of anilines is 2. The maximum atomic E-state index is 13.0. The maximum absolute atomic E-state index is 13.0. The minimum Gasteiger partial charge on any atom is -0.494 e. The zero-order chi connectivity index (χ0) is 22.7. The van der Waals surface area contributed by atoms with Crippen molar-refractivity contribution in [3.8, 4) is 11.5 Å². The molecule has 2 atom stereocenters. The first-order valence-corrected chi connectivity index (χ1v) is 10.3. The minimum atomic E-state index is -0.965. The van der Waals surface area contributed by atoms with Gasteiger partial charge in [-0.25, -0.2) is 4.90 Å². The number of nitrogens with zero attached hydrogens (tertiary/aromatic N) is 4. The zero-order valence-corrected chi connectivity index (χ0v) is 17.7. The zero-order valence-electron chi connectivity index (χ0n) is 17.7. The fourth-order valence-electron chi connectivity index (χ4n) is 3.62. The Labute approximate surface area is 184 Å². The summed E-state index contributed by atoms with van der Waals surface area (Å²) >= 11 is 0. The Bertz CT molecular complexity index is 1040. The van der Waals surface area contributed by atoms with Crippen molar-refractivity contribution >= 4 is 29.1 Å². The van der Waals surface area contributed by atoms with E-state index in [2.05, 4.69) is 15.7 Å². The summed E-state index contributed by atoms with van der Waals surface area (Å²) in [6.07, 6.45) is 0. The van der Waals surface area contributed by atoms with Crippen LogP contribution >= 0.6 is 0 Å². The molecule has 32 heavy (non-hydrogen) atoms. The molecule has 2 aromatic carbocycles. The molecule has 3 amide bonds. The third-order valence-corrected chi connectivity index (χ3v) is 5.02. The summed E-state index contributed by atoms with van der Waals surface area (Å²) in [5, 5.41) is 11.8. The molecule has 4 rings (SSSR count). The van der Waals surface area contributed by atoms with Gasteiger partial charge in [-0.2, -0.15) is 5.11 Å². The Hall–Kier alpha value is -3.95. The molecule has 2 heterocycles. The van der Waals surface area contributed by atoms with Crippen LogP contribution in [0.5, 0.6) is 11.5 Å². The Balaban J connectivity index is 1.42. The summed E-state index contributed by atoms with van der Waals surface area (Å²) in [5.41, 5.74) is 1.00. The van der Waals surface area contributed by atoms with Gasteiger partial charge in [0.25, 0.3) is 11.8 Å². The highest BCUT2D eigenvalue weighted by molar-refractivity contribution is 6.25.